The zero-order chi connectivity index (χ0) is 21.5. The van der Waals surface area contributed by atoms with Crippen molar-refractivity contribution in [2.45, 2.75) is 51.1 Å². The molecule has 1 amide bonds. The molecule has 0 bridgehead atoms. The topological polar surface area (TPSA) is 69.4 Å². The van der Waals surface area contributed by atoms with Crippen LogP contribution in [0.3, 0.4) is 0 Å². The van der Waals surface area contributed by atoms with Gasteiger partial charge in [0.2, 0.25) is 5.91 Å². The largest absolute Gasteiger partial charge is 0.573 e. The number of hydrogen-bond acceptors (Lipinski definition) is 4. The number of carbonyl (C=O) groups excluding carboxylic acids is 1. The van der Waals surface area contributed by atoms with Crippen LogP contribution in [-0.2, 0) is 17.8 Å². The Hall–Kier alpha value is -2.85. The predicted octanol–water partition coefficient (Wildman–Crippen LogP) is 2.63. The summed E-state index contributed by atoms with van der Waals surface area (Å²) in [5, 5.41) is 4.25. The Morgan fingerprint density at radius 1 is 1.17 bits per heavy atom. The summed E-state index contributed by atoms with van der Waals surface area (Å²) in [5.41, 5.74) is -0.445. The number of carbonyl (C=O) groups is 1. The van der Waals surface area contributed by atoms with Crippen LogP contribution < -0.4 is 10.4 Å². The molecule has 1 unspecified atom stereocenters. The normalized spacial score (nSPS) is 19.1. The number of nitrogens with zero attached hydrogens (tertiary/aromatic N) is 4. The summed E-state index contributed by atoms with van der Waals surface area (Å²) in [7, 11) is 0. The minimum absolute atomic E-state index is 0.0919. The third-order valence-electron chi connectivity index (χ3n) is 5.33. The molecule has 162 valence electrons. The van der Waals surface area contributed by atoms with E-state index in [0.29, 0.717) is 44.2 Å². The van der Waals surface area contributed by atoms with Crippen molar-refractivity contribution in [3.63, 3.8) is 0 Å². The number of amides is 1. The highest BCUT2D eigenvalue weighted by Gasteiger charge is 2.34. The standard InChI is InChI=1S/C19H20F4N4O3/c20-13-8-12(9-14(10-13)30-19(21,22)23)11-26-18(29)27-15(4-3-5-16(27)24-26)17(28)25-6-1-2-7-25/h8-10,15H,1-7,11H2. The monoisotopic (exact) mass is 428 g/mol. The van der Waals surface area contributed by atoms with Gasteiger partial charge in [-0.25, -0.2) is 13.9 Å². The van der Waals surface area contributed by atoms with Crippen molar-refractivity contribution >= 4 is 5.91 Å². The fourth-order valence-corrected chi connectivity index (χ4v) is 4.09. The summed E-state index contributed by atoms with van der Waals surface area (Å²) in [5.74, 6) is -1.30. The van der Waals surface area contributed by atoms with E-state index in [2.05, 4.69) is 9.84 Å². The van der Waals surface area contributed by atoms with Gasteiger partial charge in [0.1, 0.15) is 23.4 Å². The van der Waals surface area contributed by atoms with E-state index in [0.717, 1.165) is 29.7 Å². The van der Waals surface area contributed by atoms with E-state index in [1.54, 1.807) is 4.90 Å². The third-order valence-corrected chi connectivity index (χ3v) is 5.33. The van der Waals surface area contributed by atoms with Gasteiger partial charge in [0.25, 0.3) is 0 Å². The molecule has 30 heavy (non-hydrogen) atoms. The van der Waals surface area contributed by atoms with E-state index in [9.17, 15) is 27.2 Å². The number of benzene rings is 1. The summed E-state index contributed by atoms with van der Waals surface area (Å²) in [4.78, 5) is 27.5. The van der Waals surface area contributed by atoms with Gasteiger partial charge in [-0.05, 0) is 43.4 Å². The Bertz CT molecular complexity index is 1010. The Balaban J connectivity index is 1.61. The van der Waals surface area contributed by atoms with Gasteiger partial charge < -0.3 is 9.64 Å². The molecular formula is C19H20F4N4O3. The molecule has 11 heteroatoms. The smallest absolute Gasteiger partial charge is 0.406 e. The summed E-state index contributed by atoms with van der Waals surface area (Å²) in [6.07, 6.45) is -1.36. The first-order valence-electron chi connectivity index (χ1n) is 9.73. The molecule has 1 saturated heterocycles. The maximum absolute atomic E-state index is 13.8. The highest BCUT2D eigenvalue weighted by molar-refractivity contribution is 5.80. The lowest BCUT2D eigenvalue weighted by atomic mass is 10.0. The van der Waals surface area contributed by atoms with Crippen LogP contribution in [0.4, 0.5) is 17.6 Å². The van der Waals surface area contributed by atoms with Crippen LogP contribution in [0.15, 0.2) is 23.0 Å². The molecule has 1 aromatic heterocycles. The molecule has 0 spiro atoms. The van der Waals surface area contributed by atoms with Crippen molar-refractivity contribution < 1.29 is 27.1 Å². The molecule has 1 aromatic carbocycles. The maximum atomic E-state index is 13.8. The number of rotatable bonds is 4. The quantitative estimate of drug-likeness (QED) is 0.703. The van der Waals surface area contributed by atoms with Gasteiger partial charge >= 0.3 is 12.1 Å². The molecule has 3 heterocycles. The van der Waals surface area contributed by atoms with Crippen molar-refractivity contribution in [2.75, 3.05) is 13.1 Å². The van der Waals surface area contributed by atoms with Crippen LogP contribution in [0.25, 0.3) is 0 Å². The lowest BCUT2D eigenvalue weighted by molar-refractivity contribution is -0.274. The second-order valence-corrected chi connectivity index (χ2v) is 7.51. The van der Waals surface area contributed by atoms with Gasteiger partial charge in [-0.15, -0.1) is 13.2 Å². The van der Waals surface area contributed by atoms with Crippen molar-refractivity contribution in [3.05, 3.63) is 45.9 Å². The number of ether oxygens (including phenoxy) is 1. The molecule has 1 fully saturated rings. The molecule has 0 radical (unpaired) electrons. The van der Waals surface area contributed by atoms with Gasteiger partial charge in [-0.2, -0.15) is 5.10 Å². The molecule has 0 N–H and O–H groups in total. The van der Waals surface area contributed by atoms with Crippen LogP contribution in [-0.4, -0.2) is 44.6 Å². The van der Waals surface area contributed by atoms with E-state index < -0.39 is 29.7 Å². The maximum Gasteiger partial charge on any atom is 0.573 e. The fraction of sp³-hybridized carbons (Fsp3) is 0.526. The highest BCUT2D eigenvalue weighted by Crippen LogP contribution is 2.27. The first kappa shape index (κ1) is 20.4. The summed E-state index contributed by atoms with van der Waals surface area (Å²) >= 11 is 0. The first-order chi connectivity index (χ1) is 14.2. The van der Waals surface area contributed by atoms with Crippen molar-refractivity contribution in [2.24, 2.45) is 0 Å². The van der Waals surface area contributed by atoms with Gasteiger partial charge in [0.05, 0.1) is 6.54 Å². The highest BCUT2D eigenvalue weighted by atomic mass is 19.4. The first-order valence-corrected chi connectivity index (χ1v) is 9.73. The van der Waals surface area contributed by atoms with Gasteiger partial charge in [0.15, 0.2) is 0 Å². The van der Waals surface area contributed by atoms with Gasteiger partial charge in [0, 0.05) is 25.6 Å². The zero-order valence-electron chi connectivity index (χ0n) is 16.0. The lowest BCUT2D eigenvalue weighted by Crippen LogP contribution is -2.41. The number of aromatic nitrogens is 3. The van der Waals surface area contributed by atoms with Gasteiger partial charge in [-0.1, -0.05) is 0 Å². The van der Waals surface area contributed by atoms with Crippen LogP contribution in [0.1, 0.15) is 43.1 Å². The number of likely N-dealkylation sites (tertiary alicyclic amines) is 1. The Morgan fingerprint density at radius 2 is 1.90 bits per heavy atom. The van der Waals surface area contributed by atoms with Gasteiger partial charge in [-0.3, -0.25) is 9.36 Å². The lowest BCUT2D eigenvalue weighted by Gasteiger charge is -2.27. The molecular weight excluding hydrogens is 408 g/mol. The second kappa shape index (κ2) is 7.77. The molecule has 4 rings (SSSR count). The van der Waals surface area contributed by atoms with Crippen LogP contribution in [0, 0.1) is 5.82 Å². The average Bonchev–Trinajstić information content (AvgIpc) is 3.28. The Kier molecular flexibility index (Phi) is 5.29. The van der Waals surface area contributed by atoms with Crippen LogP contribution in [0.2, 0.25) is 0 Å². The van der Waals surface area contributed by atoms with E-state index in [-0.39, 0.29) is 18.0 Å². The number of fused-ring (bicyclic) bond motifs is 1. The van der Waals surface area contributed by atoms with Crippen molar-refractivity contribution in [1.82, 2.24) is 19.2 Å². The zero-order valence-corrected chi connectivity index (χ0v) is 16.0. The van der Waals surface area contributed by atoms with E-state index in [1.807, 2.05) is 0 Å². The SMILES string of the molecule is O=C(C1CCCc2nn(Cc3cc(F)cc(OC(F)(F)F)c3)c(=O)n21)N1CCCC1. The van der Waals surface area contributed by atoms with Crippen LogP contribution >= 0.6 is 0 Å². The minimum Gasteiger partial charge on any atom is -0.406 e. The Labute approximate surface area is 168 Å². The minimum atomic E-state index is -4.96. The van der Waals surface area contributed by atoms with E-state index >= 15 is 0 Å². The van der Waals surface area contributed by atoms with E-state index in [4.69, 9.17) is 0 Å². The van der Waals surface area contributed by atoms with E-state index in [1.165, 1.54) is 4.57 Å². The molecule has 2 aliphatic heterocycles. The molecule has 0 saturated carbocycles. The molecule has 2 aromatic rings. The molecule has 7 nitrogen and oxygen atoms in total. The summed E-state index contributed by atoms with van der Waals surface area (Å²) in [6.45, 7) is 1.09. The van der Waals surface area contributed by atoms with Crippen molar-refractivity contribution in [1.29, 1.82) is 0 Å². The van der Waals surface area contributed by atoms with Crippen LogP contribution in [0.5, 0.6) is 5.75 Å². The summed E-state index contributed by atoms with van der Waals surface area (Å²) in [6, 6.07) is 2.00. The molecule has 1 atom stereocenters. The number of halogens is 4. The number of aryl methyl sites for hydroxylation is 1. The summed E-state index contributed by atoms with van der Waals surface area (Å²) < 4.78 is 57.3. The molecule has 2 aliphatic rings. The predicted molar refractivity (Wildman–Crippen MR) is 96.5 cm³/mol. The number of alkyl halides is 3. The average molecular weight is 428 g/mol. The third kappa shape index (κ3) is 4.19. The number of hydrogen-bond donors (Lipinski definition) is 0. The fourth-order valence-electron chi connectivity index (χ4n) is 4.09. The Morgan fingerprint density at radius 3 is 2.60 bits per heavy atom. The molecule has 0 aliphatic carbocycles. The second-order valence-electron chi connectivity index (χ2n) is 7.51. The van der Waals surface area contributed by atoms with Crippen molar-refractivity contribution in [3.8, 4) is 5.75 Å².